The summed E-state index contributed by atoms with van der Waals surface area (Å²) in [6, 6.07) is 17.2. The lowest BCUT2D eigenvalue weighted by atomic mass is 10.0. The number of halogens is 3. The molecule has 142 valence electrons. The van der Waals surface area contributed by atoms with E-state index in [9.17, 15) is 8.78 Å². The van der Waals surface area contributed by atoms with E-state index in [0.29, 0.717) is 6.61 Å². The number of piperazine rings is 1. The van der Waals surface area contributed by atoms with Gasteiger partial charge in [-0.3, -0.25) is 4.90 Å². The highest BCUT2D eigenvalue weighted by Crippen LogP contribution is 2.30. The Labute approximate surface area is 159 Å². The molecule has 3 rings (SSSR count). The summed E-state index contributed by atoms with van der Waals surface area (Å²) in [6.45, 7) is 3.71. The average Bonchev–Trinajstić information content (AvgIpc) is 2.66. The molecule has 0 bridgehead atoms. The van der Waals surface area contributed by atoms with Gasteiger partial charge in [-0.15, -0.1) is 12.4 Å². The van der Waals surface area contributed by atoms with Gasteiger partial charge in [0.1, 0.15) is 12.4 Å². The maximum Gasteiger partial charge on any atom is 0.240 e. The summed E-state index contributed by atoms with van der Waals surface area (Å²) in [5.41, 5.74) is 1.98. The molecule has 0 unspecified atom stereocenters. The molecule has 0 spiro atoms. The van der Waals surface area contributed by atoms with Crippen molar-refractivity contribution in [3.05, 3.63) is 65.7 Å². The first-order valence-electron chi connectivity index (χ1n) is 8.72. The number of rotatable bonds is 7. The molecule has 3 nitrogen and oxygen atoms in total. The summed E-state index contributed by atoms with van der Waals surface area (Å²) in [5, 5.41) is 3.27. The fourth-order valence-corrected chi connectivity index (χ4v) is 3.21. The zero-order chi connectivity index (χ0) is 17.5. The van der Waals surface area contributed by atoms with Crippen molar-refractivity contribution < 1.29 is 13.5 Å². The van der Waals surface area contributed by atoms with E-state index in [2.05, 4.69) is 10.2 Å². The van der Waals surface area contributed by atoms with E-state index in [4.69, 9.17) is 4.74 Å². The predicted octanol–water partition coefficient (Wildman–Crippen LogP) is 4.29. The van der Waals surface area contributed by atoms with Crippen molar-refractivity contribution >= 4 is 12.4 Å². The van der Waals surface area contributed by atoms with Crippen LogP contribution in [0.25, 0.3) is 0 Å². The van der Waals surface area contributed by atoms with E-state index >= 15 is 0 Å². The maximum atomic E-state index is 13.1. The lowest BCUT2D eigenvalue weighted by molar-refractivity contribution is 0.0738. The minimum absolute atomic E-state index is 0. The monoisotopic (exact) mass is 382 g/mol. The van der Waals surface area contributed by atoms with Crippen LogP contribution in [0.2, 0.25) is 0 Å². The molecule has 0 aromatic heterocycles. The van der Waals surface area contributed by atoms with Gasteiger partial charge in [0.15, 0.2) is 0 Å². The van der Waals surface area contributed by atoms with Crippen molar-refractivity contribution in [1.82, 2.24) is 10.2 Å². The summed E-state index contributed by atoms with van der Waals surface area (Å²) >= 11 is 0. The smallest absolute Gasteiger partial charge is 0.240 e. The Hall–Kier alpha value is -1.69. The number of hydrogen-bond donors (Lipinski definition) is 1. The van der Waals surface area contributed by atoms with E-state index in [0.717, 1.165) is 43.1 Å². The first kappa shape index (κ1) is 20.6. The van der Waals surface area contributed by atoms with Gasteiger partial charge in [0.05, 0.1) is 0 Å². The van der Waals surface area contributed by atoms with Crippen molar-refractivity contribution in [2.75, 3.05) is 26.2 Å². The van der Waals surface area contributed by atoms with Gasteiger partial charge in [0, 0.05) is 38.6 Å². The van der Waals surface area contributed by atoms with Gasteiger partial charge < -0.3 is 10.1 Å². The Morgan fingerprint density at radius 3 is 2.42 bits per heavy atom. The number of nitrogens with one attached hydrogen (secondary N) is 1. The molecule has 0 aliphatic carbocycles. The van der Waals surface area contributed by atoms with E-state index in [-0.39, 0.29) is 24.9 Å². The van der Waals surface area contributed by atoms with Crippen LogP contribution in [0.15, 0.2) is 54.6 Å². The maximum absolute atomic E-state index is 13.1. The van der Waals surface area contributed by atoms with Gasteiger partial charge in [0.2, 0.25) is 6.43 Å². The second-order valence-corrected chi connectivity index (χ2v) is 6.28. The van der Waals surface area contributed by atoms with Crippen molar-refractivity contribution in [3.63, 3.8) is 0 Å². The van der Waals surface area contributed by atoms with Crippen molar-refractivity contribution in [2.24, 2.45) is 0 Å². The Morgan fingerprint density at radius 1 is 1.00 bits per heavy atom. The number of alkyl halides is 2. The molecule has 1 aliphatic heterocycles. The molecule has 1 N–H and O–H groups in total. The summed E-state index contributed by atoms with van der Waals surface area (Å²) in [7, 11) is 0. The third kappa shape index (κ3) is 5.94. The van der Waals surface area contributed by atoms with Crippen LogP contribution in [0, 0.1) is 0 Å². The van der Waals surface area contributed by atoms with Crippen molar-refractivity contribution in [1.29, 1.82) is 0 Å². The number of hydrogen-bond acceptors (Lipinski definition) is 3. The Morgan fingerprint density at radius 2 is 1.73 bits per heavy atom. The Balaban J connectivity index is 0.00000243. The lowest BCUT2D eigenvalue weighted by Crippen LogP contribution is -2.45. The van der Waals surface area contributed by atoms with Crippen molar-refractivity contribution in [3.8, 4) is 5.75 Å². The van der Waals surface area contributed by atoms with Crippen LogP contribution in [-0.2, 0) is 6.61 Å². The molecular weight excluding hydrogens is 358 g/mol. The SMILES string of the molecule is Cl.FC(F)C[C@@H](c1cccc(OCc2ccccc2)c1)N1CCNCC1. The molecular formula is C20H25ClF2N2O. The predicted molar refractivity (Wildman–Crippen MR) is 102 cm³/mol. The molecule has 2 aromatic rings. The largest absolute Gasteiger partial charge is 0.489 e. The van der Waals surface area contributed by atoms with Gasteiger partial charge in [0.25, 0.3) is 0 Å². The van der Waals surface area contributed by atoms with Gasteiger partial charge >= 0.3 is 0 Å². The standard InChI is InChI=1S/C20H24F2N2O.ClH/c21-20(22)14-19(24-11-9-23-10-12-24)17-7-4-8-18(13-17)25-15-16-5-2-1-3-6-16;/h1-8,13,19-20,23H,9-12,14-15H2;1H/t19-;/m0./s1. The summed E-state index contributed by atoms with van der Waals surface area (Å²) in [6.07, 6.45) is -2.48. The molecule has 2 aromatic carbocycles. The molecule has 1 saturated heterocycles. The van der Waals surface area contributed by atoms with Crippen LogP contribution in [0.5, 0.6) is 5.75 Å². The van der Waals surface area contributed by atoms with Crippen molar-refractivity contribution in [2.45, 2.75) is 25.5 Å². The van der Waals surface area contributed by atoms with Crippen LogP contribution in [-0.4, -0.2) is 37.5 Å². The topological polar surface area (TPSA) is 24.5 Å². The van der Waals surface area contributed by atoms with Gasteiger partial charge in [-0.2, -0.15) is 0 Å². The van der Waals surface area contributed by atoms with E-state index in [1.807, 2.05) is 54.6 Å². The zero-order valence-electron chi connectivity index (χ0n) is 14.6. The van der Waals surface area contributed by atoms with Gasteiger partial charge in [-0.05, 0) is 23.3 Å². The minimum Gasteiger partial charge on any atom is -0.489 e. The molecule has 0 saturated carbocycles. The molecule has 6 heteroatoms. The van der Waals surface area contributed by atoms with Gasteiger partial charge in [-0.25, -0.2) is 8.78 Å². The van der Waals surface area contributed by atoms with Gasteiger partial charge in [-0.1, -0.05) is 42.5 Å². The zero-order valence-corrected chi connectivity index (χ0v) is 15.4. The highest BCUT2D eigenvalue weighted by molar-refractivity contribution is 5.85. The lowest BCUT2D eigenvalue weighted by Gasteiger charge is -2.35. The van der Waals surface area contributed by atoms with Crippen LogP contribution in [0.3, 0.4) is 0 Å². The van der Waals surface area contributed by atoms with Crippen LogP contribution < -0.4 is 10.1 Å². The quantitative estimate of drug-likeness (QED) is 0.773. The van der Waals surface area contributed by atoms with E-state index in [1.54, 1.807) is 0 Å². The van der Waals surface area contributed by atoms with Crippen LogP contribution in [0.1, 0.15) is 23.6 Å². The molecule has 1 aliphatic rings. The first-order valence-corrected chi connectivity index (χ1v) is 8.72. The third-order valence-corrected chi connectivity index (χ3v) is 4.48. The fraction of sp³-hybridized carbons (Fsp3) is 0.400. The van der Waals surface area contributed by atoms with E-state index < -0.39 is 6.43 Å². The second kappa shape index (κ2) is 10.5. The molecule has 0 amide bonds. The molecule has 1 atom stereocenters. The fourth-order valence-electron chi connectivity index (χ4n) is 3.21. The summed E-state index contributed by atoms with van der Waals surface area (Å²) in [5.74, 6) is 0.718. The average molecular weight is 383 g/mol. The first-order chi connectivity index (χ1) is 12.2. The minimum atomic E-state index is -2.33. The third-order valence-electron chi connectivity index (χ3n) is 4.48. The van der Waals surface area contributed by atoms with Crippen LogP contribution >= 0.6 is 12.4 Å². The molecule has 0 radical (unpaired) electrons. The highest BCUT2D eigenvalue weighted by Gasteiger charge is 2.25. The molecule has 1 heterocycles. The number of ether oxygens (including phenoxy) is 1. The number of nitrogens with zero attached hydrogens (tertiary/aromatic N) is 1. The number of benzene rings is 2. The van der Waals surface area contributed by atoms with Crippen LogP contribution in [0.4, 0.5) is 8.78 Å². The Kier molecular flexibility index (Phi) is 8.29. The Bertz CT molecular complexity index is 651. The normalized spacial score (nSPS) is 16.1. The summed E-state index contributed by atoms with van der Waals surface area (Å²) < 4.78 is 32.1. The second-order valence-electron chi connectivity index (χ2n) is 6.28. The molecule has 26 heavy (non-hydrogen) atoms. The highest BCUT2D eigenvalue weighted by atomic mass is 35.5. The molecule has 1 fully saturated rings. The summed E-state index contributed by atoms with van der Waals surface area (Å²) in [4.78, 5) is 2.14. The van der Waals surface area contributed by atoms with E-state index in [1.165, 1.54) is 0 Å².